The number of furan rings is 1. The molecule has 0 aliphatic carbocycles. The highest BCUT2D eigenvalue weighted by molar-refractivity contribution is 5.79. The zero-order valence-electron chi connectivity index (χ0n) is 16.8. The van der Waals surface area contributed by atoms with Crippen LogP contribution in [0.5, 0.6) is 0 Å². The fourth-order valence-corrected chi connectivity index (χ4v) is 3.17. The van der Waals surface area contributed by atoms with Crippen LogP contribution in [0.15, 0.2) is 63.4 Å². The van der Waals surface area contributed by atoms with E-state index >= 15 is 0 Å². The molecular formula is C23H23N3O3. The summed E-state index contributed by atoms with van der Waals surface area (Å²) in [7, 11) is 1.78. The lowest BCUT2D eigenvalue weighted by molar-refractivity contribution is -0.132. The molecule has 0 spiro atoms. The molecule has 0 aliphatic heterocycles. The molecule has 0 bridgehead atoms. The van der Waals surface area contributed by atoms with E-state index in [1.165, 1.54) is 5.56 Å². The van der Waals surface area contributed by atoms with E-state index in [9.17, 15) is 4.79 Å². The van der Waals surface area contributed by atoms with Crippen LogP contribution in [0.25, 0.3) is 22.4 Å². The van der Waals surface area contributed by atoms with Crippen molar-refractivity contribution in [1.82, 2.24) is 15.1 Å². The average molecular weight is 389 g/mol. The van der Waals surface area contributed by atoms with E-state index in [1.807, 2.05) is 68.4 Å². The Bertz CT molecular complexity index is 1090. The van der Waals surface area contributed by atoms with Crippen molar-refractivity contribution in [3.8, 4) is 11.5 Å². The molecule has 0 aliphatic rings. The summed E-state index contributed by atoms with van der Waals surface area (Å²) in [5, 5.41) is 9.19. The number of hydrogen-bond donors (Lipinski definition) is 0. The largest absolute Gasteiger partial charge is 0.459 e. The normalized spacial score (nSPS) is 12.2. The summed E-state index contributed by atoms with van der Waals surface area (Å²) < 4.78 is 11.6. The minimum absolute atomic E-state index is 0.00644. The Morgan fingerprint density at radius 2 is 1.83 bits per heavy atom. The summed E-state index contributed by atoms with van der Waals surface area (Å²) in [5.41, 5.74) is 2.86. The number of para-hydroxylation sites is 1. The third-order valence-electron chi connectivity index (χ3n) is 5.15. The van der Waals surface area contributed by atoms with Gasteiger partial charge in [0.25, 0.3) is 0 Å². The van der Waals surface area contributed by atoms with Crippen molar-refractivity contribution in [2.45, 2.75) is 32.7 Å². The van der Waals surface area contributed by atoms with Crippen molar-refractivity contribution >= 4 is 16.9 Å². The SMILES string of the molecule is Cc1ccc(-c2nnc(CCC(=O)N(C)C(C)c3cc4ccccc4o3)o2)cc1. The number of carbonyl (C=O) groups is 1. The molecule has 29 heavy (non-hydrogen) atoms. The Morgan fingerprint density at radius 1 is 1.07 bits per heavy atom. The van der Waals surface area contributed by atoms with E-state index in [0.717, 1.165) is 22.3 Å². The Labute approximate surface area is 169 Å². The predicted molar refractivity (Wildman–Crippen MR) is 110 cm³/mol. The fraction of sp³-hybridized carbons (Fsp3) is 0.261. The minimum atomic E-state index is -0.166. The number of fused-ring (bicyclic) bond motifs is 1. The van der Waals surface area contributed by atoms with Crippen molar-refractivity contribution in [3.63, 3.8) is 0 Å². The highest BCUT2D eigenvalue weighted by atomic mass is 16.4. The summed E-state index contributed by atoms with van der Waals surface area (Å²) in [4.78, 5) is 14.3. The third kappa shape index (κ3) is 4.06. The van der Waals surface area contributed by atoms with Gasteiger partial charge in [0.2, 0.25) is 17.7 Å². The first-order valence-electron chi connectivity index (χ1n) is 9.65. The average Bonchev–Trinajstić information content (AvgIpc) is 3.38. The second-order valence-electron chi connectivity index (χ2n) is 7.23. The Balaban J connectivity index is 1.38. The van der Waals surface area contributed by atoms with Gasteiger partial charge in [-0.1, -0.05) is 35.9 Å². The Hall–Kier alpha value is -3.41. The van der Waals surface area contributed by atoms with Crippen LogP contribution in [0.3, 0.4) is 0 Å². The van der Waals surface area contributed by atoms with Crippen molar-refractivity contribution in [2.24, 2.45) is 0 Å². The molecule has 0 radical (unpaired) electrons. The summed E-state index contributed by atoms with van der Waals surface area (Å²) in [5.74, 6) is 1.68. The van der Waals surface area contributed by atoms with Gasteiger partial charge in [-0.3, -0.25) is 4.79 Å². The molecule has 1 unspecified atom stereocenters. The molecule has 2 aromatic carbocycles. The highest BCUT2D eigenvalue weighted by Crippen LogP contribution is 2.27. The van der Waals surface area contributed by atoms with E-state index in [4.69, 9.17) is 8.83 Å². The maximum atomic E-state index is 12.7. The van der Waals surface area contributed by atoms with Gasteiger partial charge in [-0.25, -0.2) is 0 Å². The molecule has 6 heteroatoms. The molecule has 4 aromatic rings. The van der Waals surface area contributed by atoms with E-state index in [0.29, 0.717) is 18.2 Å². The van der Waals surface area contributed by atoms with Gasteiger partial charge in [-0.2, -0.15) is 0 Å². The maximum Gasteiger partial charge on any atom is 0.247 e. The van der Waals surface area contributed by atoms with Crippen LogP contribution >= 0.6 is 0 Å². The minimum Gasteiger partial charge on any atom is -0.459 e. The summed E-state index contributed by atoms with van der Waals surface area (Å²) in [6.07, 6.45) is 0.686. The van der Waals surface area contributed by atoms with E-state index in [1.54, 1.807) is 11.9 Å². The molecule has 0 N–H and O–H groups in total. The number of benzene rings is 2. The second-order valence-corrected chi connectivity index (χ2v) is 7.23. The third-order valence-corrected chi connectivity index (χ3v) is 5.15. The zero-order chi connectivity index (χ0) is 20.4. The first kappa shape index (κ1) is 18.9. The molecule has 4 rings (SSSR count). The Morgan fingerprint density at radius 3 is 2.59 bits per heavy atom. The standard InChI is InChI=1S/C23H23N3O3/c1-15-8-10-17(11-9-15)23-25-24-21(29-23)12-13-22(27)26(3)16(2)20-14-18-6-4-5-7-19(18)28-20/h4-11,14,16H,12-13H2,1-3H3. The van der Waals surface area contributed by atoms with Crippen molar-refractivity contribution in [2.75, 3.05) is 7.05 Å². The summed E-state index contributed by atoms with van der Waals surface area (Å²) >= 11 is 0. The molecule has 0 saturated carbocycles. The van der Waals surface area contributed by atoms with Gasteiger partial charge < -0.3 is 13.7 Å². The first-order valence-corrected chi connectivity index (χ1v) is 9.65. The smallest absolute Gasteiger partial charge is 0.247 e. The van der Waals surface area contributed by atoms with E-state index in [2.05, 4.69) is 10.2 Å². The summed E-state index contributed by atoms with van der Waals surface area (Å²) in [6, 6.07) is 17.5. The lowest BCUT2D eigenvalue weighted by Gasteiger charge is -2.23. The van der Waals surface area contributed by atoms with Crippen LogP contribution in [0.2, 0.25) is 0 Å². The number of aryl methyl sites for hydroxylation is 2. The van der Waals surface area contributed by atoms with Crippen LogP contribution in [0.1, 0.15) is 36.6 Å². The maximum absolute atomic E-state index is 12.7. The first-order chi connectivity index (χ1) is 14.0. The molecule has 0 saturated heterocycles. The van der Waals surface area contributed by atoms with Gasteiger partial charge >= 0.3 is 0 Å². The van der Waals surface area contributed by atoms with Gasteiger partial charge in [0, 0.05) is 30.8 Å². The monoisotopic (exact) mass is 389 g/mol. The zero-order valence-corrected chi connectivity index (χ0v) is 16.8. The number of rotatable bonds is 6. The molecule has 148 valence electrons. The molecule has 1 amide bonds. The van der Waals surface area contributed by atoms with Gasteiger partial charge in [0.05, 0.1) is 6.04 Å². The van der Waals surface area contributed by atoms with E-state index < -0.39 is 0 Å². The molecular weight excluding hydrogens is 366 g/mol. The topological polar surface area (TPSA) is 72.4 Å². The van der Waals surface area contributed by atoms with Gasteiger partial charge in [0.1, 0.15) is 11.3 Å². The van der Waals surface area contributed by atoms with Crippen LogP contribution in [0.4, 0.5) is 0 Å². The molecule has 6 nitrogen and oxygen atoms in total. The Kier molecular flexibility index (Phi) is 5.16. The van der Waals surface area contributed by atoms with Crippen LogP contribution < -0.4 is 0 Å². The van der Waals surface area contributed by atoms with Gasteiger partial charge in [-0.15, -0.1) is 10.2 Å². The number of amides is 1. The number of aromatic nitrogens is 2. The number of hydrogen-bond acceptors (Lipinski definition) is 5. The quantitative estimate of drug-likeness (QED) is 0.467. The van der Waals surface area contributed by atoms with Crippen molar-refractivity contribution < 1.29 is 13.6 Å². The van der Waals surface area contributed by atoms with Crippen LogP contribution in [-0.4, -0.2) is 28.1 Å². The van der Waals surface area contributed by atoms with Crippen LogP contribution in [0, 0.1) is 6.92 Å². The summed E-state index contributed by atoms with van der Waals surface area (Å²) in [6.45, 7) is 3.98. The fourth-order valence-electron chi connectivity index (χ4n) is 3.17. The lowest BCUT2D eigenvalue weighted by atomic mass is 10.1. The van der Waals surface area contributed by atoms with Gasteiger partial charge in [-0.05, 0) is 38.1 Å². The van der Waals surface area contributed by atoms with E-state index in [-0.39, 0.29) is 18.4 Å². The van der Waals surface area contributed by atoms with Crippen molar-refractivity contribution in [1.29, 1.82) is 0 Å². The van der Waals surface area contributed by atoms with Gasteiger partial charge in [0.15, 0.2) is 0 Å². The molecule has 1 atom stereocenters. The predicted octanol–water partition coefficient (Wildman–Crippen LogP) is 4.94. The van der Waals surface area contributed by atoms with Crippen LogP contribution in [-0.2, 0) is 11.2 Å². The molecule has 2 aromatic heterocycles. The molecule has 2 heterocycles. The number of nitrogens with zero attached hydrogens (tertiary/aromatic N) is 3. The molecule has 0 fully saturated rings. The van der Waals surface area contributed by atoms with Crippen molar-refractivity contribution in [3.05, 3.63) is 71.8 Å². The second kappa shape index (κ2) is 7.91. The number of carbonyl (C=O) groups excluding carboxylic acids is 1. The highest BCUT2D eigenvalue weighted by Gasteiger charge is 2.21. The lowest BCUT2D eigenvalue weighted by Crippen LogP contribution is -2.29.